The quantitative estimate of drug-likeness (QED) is 0.376. The molecule has 3 N–H and O–H groups in total. The number of para-hydroxylation sites is 1. The molecule has 4 nitrogen and oxygen atoms in total. The number of thiophene rings is 1. The van der Waals surface area contributed by atoms with Crippen molar-refractivity contribution in [2.24, 2.45) is 10.7 Å². The van der Waals surface area contributed by atoms with Crippen molar-refractivity contribution in [3.8, 4) is 5.75 Å². The summed E-state index contributed by atoms with van der Waals surface area (Å²) in [5.74, 6) is 1.42. The molecule has 1 aliphatic carbocycles. The predicted octanol–water partition coefficient (Wildman–Crippen LogP) is 3.94. The van der Waals surface area contributed by atoms with Crippen molar-refractivity contribution >= 4 is 41.3 Å². The summed E-state index contributed by atoms with van der Waals surface area (Å²) in [5, 5.41) is 5.26. The number of nitrogens with zero attached hydrogens (tertiary/aromatic N) is 1. The average Bonchev–Trinajstić information content (AvgIpc) is 3.03. The maximum Gasteiger partial charge on any atom is 0.188 e. The fourth-order valence-corrected chi connectivity index (χ4v) is 3.12. The molecule has 0 bridgehead atoms. The summed E-state index contributed by atoms with van der Waals surface area (Å²) in [6.45, 7) is 1.34. The molecule has 1 saturated carbocycles. The fraction of sp³-hybridized carbons (Fsp3) is 0.389. The van der Waals surface area contributed by atoms with Gasteiger partial charge in [0.15, 0.2) is 5.96 Å². The molecule has 1 aromatic heterocycles. The minimum atomic E-state index is 0. The fourth-order valence-electron chi connectivity index (χ4n) is 2.41. The van der Waals surface area contributed by atoms with Crippen LogP contribution in [0.5, 0.6) is 5.75 Å². The summed E-state index contributed by atoms with van der Waals surface area (Å²) in [4.78, 5) is 5.78. The molecule has 1 aromatic carbocycles. The number of hydrogen-bond acceptors (Lipinski definition) is 3. The minimum absolute atomic E-state index is 0. The lowest BCUT2D eigenvalue weighted by Gasteiger charge is -2.27. The number of rotatable bonds is 7. The van der Waals surface area contributed by atoms with Gasteiger partial charge in [-0.05, 0) is 43.2 Å². The van der Waals surface area contributed by atoms with Gasteiger partial charge in [0.05, 0.1) is 12.6 Å². The third-order valence-corrected chi connectivity index (χ3v) is 4.93. The van der Waals surface area contributed by atoms with E-state index in [4.69, 9.17) is 10.5 Å². The average molecular weight is 457 g/mol. The first kappa shape index (κ1) is 19.1. The van der Waals surface area contributed by atoms with Gasteiger partial charge in [0, 0.05) is 17.0 Å². The van der Waals surface area contributed by atoms with Crippen LogP contribution in [0.3, 0.4) is 0 Å². The number of halogens is 1. The van der Waals surface area contributed by atoms with Crippen LogP contribution in [0.25, 0.3) is 0 Å². The lowest BCUT2D eigenvalue weighted by atomic mass is 9.96. The van der Waals surface area contributed by atoms with Gasteiger partial charge in [-0.3, -0.25) is 0 Å². The van der Waals surface area contributed by atoms with Crippen LogP contribution in [0.15, 0.2) is 46.8 Å². The van der Waals surface area contributed by atoms with Crippen molar-refractivity contribution in [3.63, 3.8) is 0 Å². The molecular formula is C18H24IN3OS. The van der Waals surface area contributed by atoms with E-state index in [9.17, 15) is 0 Å². The van der Waals surface area contributed by atoms with E-state index in [0.717, 1.165) is 37.1 Å². The zero-order valence-electron chi connectivity index (χ0n) is 13.6. The topological polar surface area (TPSA) is 59.6 Å². The van der Waals surface area contributed by atoms with Crippen LogP contribution in [-0.4, -0.2) is 18.6 Å². The van der Waals surface area contributed by atoms with Crippen LogP contribution in [0.2, 0.25) is 0 Å². The maximum atomic E-state index is 6.01. The van der Waals surface area contributed by atoms with Crippen molar-refractivity contribution in [2.45, 2.75) is 38.3 Å². The standard InChI is InChI=1S/C18H23N3OS.HI/c19-18(20-11-10-16-8-4-12-23-16)21-13-14-5-1-2-9-17(14)22-15-6-3-7-15;/h1-2,4-5,8-9,12,15H,3,6-7,10-11,13H2,(H3,19,20,21);1H. The maximum absolute atomic E-state index is 6.01. The first-order valence-electron chi connectivity index (χ1n) is 8.12. The summed E-state index contributed by atoms with van der Waals surface area (Å²) in [5.41, 5.74) is 7.04. The SMILES string of the molecule is I.NC(=NCc1ccccc1OC1CCC1)NCCc1cccs1. The number of aliphatic imine (C=N–C) groups is 1. The van der Waals surface area contributed by atoms with E-state index in [1.165, 1.54) is 11.3 Å². The summed E-state index contributed by atoms with van der Waals surface area (Å²) < 4.78 is 6.01. The van der Waals surface area contributed by atoms with E-state index in [1.54, 1.807) is 11.3 Å². The van der Waals surface area contributed by atoms with E-state index in [-0.39, 0.29) is 24.0 Å². The second-order valence-electron chi connectivity index (χ2n) is 5.74. The number of nitrogens with two attached hydrogens (primary N) is 1. The smallest absolute Gasteiger partial charge is 0.188 e. The Morgan fingerprint density at radius 3 is 2.79 bits per heavy atom. The van der Waals surface area contributed by atoms with Crippen molar-refractivity contribution in [1.82, 2.24) is 5.32 Å². The first-order valence-corrected chi connectivity index (χ1v) is 9.00. The molecule has 130 valence electrons. The molecule has 0 unspecified atom stereocenters. The van der Waals surface area contributed by atoms with Gasteiger partial charge >= 0.3 is 0 Å². The van der Waals surface area contributed by atoms with Gasteiger partial charge in [-0.2, -0.15) is 0 Å². The third kappa shape index (κ3) is 5.66. The molecule has 0 atom stereocenters. The van der Waals surface area contributed by atoms with Gasteiger partial charge in [0.2, 0.25) is 0 Å². The summed E-state index contributed by atoms with van der Waals surface area (Å²) in [6, 6.07) is 12.3. The van der Waals surface area contributed by atoms with E-state index >= 15 is 0 Å². The molecule has 2 aromatic rings. The second kappa shape index (κ2) is 9.88. The van der Waals surface area contributed by atoms with E-state index in [0.29, 0.717) is 18.6 Å². The van der Waals surface area contributed by atoms with Crippen molar-refractivity contribution in [2.75, 3.05) is 6.54 Å². The van der Waals surface area contributed by atoms with Crippen LogP contribution >= 0.6 is 35.3 Å². The van der Waals surface area contributed by atoms with Gasteiger partial charge in [0.25, 0.3) is 0 Å². The molecular weight excluding hydrogens is 433 g/mol. The monoisotopic (exact) mass is 457 g/mol. The Labute approximate surface area is 164 Å². The summed E-state index contributed by atoms with van der Waals surface area (Å²) in [6.07, 6.45) is 4.93. The Bertz CT molecular complexity index is 641. The van der Waals surface area contributed by atoms with Crippen LogP contribution in [0, 0.1) is 0 Å². The molecule has 1 heterocycles. The Morgan fingerprint density at radius 1 is 1.25 bits per heavy atom. The van der Waals surface area contributed by atoms with Crippen LogP contribution in [-0.2, 0) is 13.0 Å². The molecule has 1 fully saturated rings. The van der Waals surface area contributed by atoms with Gasteiger partial charge in [-0.25, -0.2) is 4.99 Å². The van der Waals surface area contributed by atoms with Crippen LogP contribution < -0.4 is 15.8 Å². The number of nitrogens with one attached hydrogen (secondary N) is 1. The molecule has 6 heteroatoms. The van der Waals surface area contributed by atoms with Crippen molar-refractivity contribution < 1.29 is 4.74 Å². The van der Waals surface area contributed by atoms with E-state index in [1.807, 2.05) is 18.2 Å². The zero-order valence-corrected chi connectivity index (χ0v) is 16.8. The molecule has 3 rings (SSSR count). The van der Waals surface area contributed by atoms with Gasteiger partial charge in [-0.15, -0.1) is 35.3 Å². The Balaban J connectivity index is 0.00000208. The number of hydrogen-bond donors (Lipinski definition) is 2. The van der Waals surface area contributed by atoms with Gasteiger partial charge < -0.3 is 15.8 Å². The summed E-state index contributed by atoms with van der Waals surface area (Å²) >= 11 is 1.76. The van der Waals surface area contributed by atoms with E-state index in [2.05, 4.69) is 33.9 Å². The Morgan fingerprint density at radius 2 is 2.08 bits per heavy atom. The lowest BCUT2D eigenvalue weighted by molar-refractivity contribution is 0.119. The molecule has 1 aliphatic rings. The predicted molar refractivity (Wildman–Crippen MR) is 111 cm³/mol. The highest BCUT2D eigenvalue weighted by Gasteiger charge is 2.19. The lowest BCUT2D eigenvalue weighted by Crippen LogP contribution is -2.33. The molecule has 0 amide bonds. The Kier molecular flexibility index (Phi) is 7.84. The van der Waals surface area contributed by atoms with Gasteiger partial charge in [-0.1, -0.05) is 24.3 Å². The molecule has 0 saturated heterocycles. The van der Waals surface area contributed by atoms with Gasteiger partial charge in [0.1, 0.15) is 5.75 Å². The molecule has 0 radical (unpaired) electrons. The number of ether oxygens (including phenoxy) is 1. The third-order valence-electron chi connectivity index (χ3n) is 4.00. The Hall–Kier alpha value is -1.28. The number of benzene rings is 1. The molecule has 24 heavy (non-hydrogen) atoms. The highest BCUT2D eigenvalue weighted by atomic mass is 127. The zero-order chi connectivity index (χ0) is 15.9. The largest absolute Gasteiger partial charge is 0.490 e. The van der Waals surface area contributed by atoms with Crippen molar-refractivity contribution in [1.29, 1.82) is 0 Å². The molecule has 0 spiro atoms. The highest BCUT2D eigenvalue weighted by molar-refractivity contribution is 14.0. The normalized spacial score (nSPS) is 14.6. The highest BCUT2D eigenvalue weighted by Crippen LogP contribution is 2.27. The van der Waals surface area contributed by atoms with Crippen LogP contribution in [0.4, 0.5) is 0 Å². The van der Waals surface area contributed by atoms with E-state index < -0.39 is 0 Å². The summed E-state index contributed by atoms with van der Waals surface area (Å²) in [7, 11) is 0. The van der Waals surface area contributed by atoms with Crippen LogP contribution in [0.1, 0.15) is 29.7 Å². The molecule has 0 aliphatic heterocycles. The first-order chi connectivity index (χ1) is 11.3. The van der Waals surface area contributed by atoms with Crippen molar-refractivity contribution in [3.05, 3.63) is 52.2 Å². The second-order valence-corrected chi connectivity index (χ2v) is 6.77. The number of guanidine groups is 1. The minimum Gasteiger partial charge on any atom is -0.490 e.